The molecular weight excluding hydrogens is 258 g/mol. The molecule has 0 radical (unpaired) electrons. The molecule has 1 rings (SSSR count). The van der Waals surface area contributed by atoms with Crippen molar-refractivity contribution in [2.75, 3.05) is 13.1 Å². The van der Waals surface area contributed by atoms with E-state index in [0.717, 1.165) is 19.1 Å². The standard InChI is InChI=1S/C14H23N3O3/c1-9-10(7-18)6-17-13(11(9)8-19)14(20)12(16)4-2-3-5-15/h7-8,11-13,17H,2-6,15-16H2,1H3/t11?,12-,13?/m0/s1. The minimum absolute atomic E-state index is 0.177. The molecule has 112 valence electrons. The van der Waals surface area contributed by atoms with Crippen molar-refractivity contribution in [1.82, 2.24) is 5.32 Å². The van der Waals surface area contributed by atoms with Crippen molar-refractivity contribution in [3.63, 3.8) is 0 Å². The molecule has 0 fully saturated rings. The first-order valence-electron chi connectivity index (χ1n) is 6.89. The van der Waals surface area contributed by atoms with Crippen molar-refractivity contribution in [2.24, 2.45) is 17.4 Å². The molecule has 0 saturated carbocycles. The zero-order chi connectivity index (χ0) is 15.1. The summed E-state index contributed by atoms with van der Waals surface area (Å²) in [5.74, 6) is -0.791. The maximum absolute atomic E-state index is 12.3. The summed E-state index contributed by atoms with van der Waals surface area (Å²) in [4.78, 5) is 34.4. The zero-order valence-corrected chi connectivity index (χ0v) is 11.8. The Morgan fingerprint density at radius 1 is 1.45 bits per heavy atom. The molecule has 0 aromatic carbocycles. The van der Waals surface area contributed by atoms with Crippen molar-refractivity contribution < 1.29 is 14.4 Å². The minimum Gasteiger partial charge on any atom is -0.330 e. The van der Waals surface area contributed by atoms with E-state index in [2.05, 4.69) is 5.32 Å². The quantitative estimate of drug-likeness (QED) is 0.401. The highest BCUT2D eigenvalue weighted by Crippen LogP contribution is 2.22. The van der Waals surface area contributed by atoms with Gasteiger partial charge in [0.15, 0.2) is 5.78 Å². The fraction of sp³-hybridized carbons (Fsp3) is 0.643. The first-order valence-corrected chi connectivity index (χ1v) is 6.89. The van der Waals surface area contributed by atoms with Crippen LogP contribution in [0.5, 0.6) is 0 Å². The molecule has 0 bridgehead atoms. The normalized spacial score (nSPS) is 24.4. The Morgan fingerprint density at radius 3 is 2.70 bits per heavy atom. The molecule has 6 heteroatoms. The number of hydrogen-bond donors (Lipinski definition) is 3. The second-order valence-electron chi connectivity index (χ2n) is 5.14. The van der Waals surface area contributed by atoms with Gasteiger partial charge in [-0.15, -0.1) is 0 Å². The van der Waals surface area contributed by atoms with Crippen LogP contribution < -0.4 is 16.8 Å². The van der Waals surface area contributed by atoms with E-state index in [9.17, 15) is 14.4 Å². The van der Waals surface area contributed by atoms with Gasteiger partial charge in [-0.3, -0.25) is 9.59 Å². The fourth-order valence-electron chi connectivity index (χ4n) is 2.42. The number of carbonyl (C=O) groups is 3. The average Bonchev–Trinajstić information content (AvgIpc) is 2.46. The lowest BCUT2D eigenvalue weighted by Crippen LogP contribution is -2.53. The Balaban J connectivity index is 2.75. The smallest absolute Gasteiger partial charge is 0.167 e. The Bertz CT molecular complexity index is 406. The van der Waals surface area contributed by atoms with E-state index in [4.69, 9.17) is 11.5 Å². The second-order valence-corrected chi connectivity index (χ2v) is 5.14. The number of rotatable bonds is 8. The predicted octanol–water partition coefficient (Wildman–Crippen LogP) is -0.686. The van der Waals surface area contributed by atoms with Gasteiger partial charge in [0.05, 0.1) is 18.0 Å². The van der Waals surface area contributed by atoms with E-state index in [1.165, 1.54) is 0 Å². The molecule has 1 aliphatic heterocycles. The van der Waals surface area contributed by atoms with Crippen LogP contribution in [0.3, 0.4) is 0 Å². The van der Waals surface area contributed by atoms with Gasteiger partial charge in [0.25, 0.3) is 0 Å². The Labute approximate surface area is 119 Å². The van der Waals surface area contributed by atoms with E-state index >= 15 is 0 Å². The van der Waals surface area contributed by atoms with Crippen LogP contribution in [0.4, 0.5) is 0 Å². The summed E-state index contributed by atoms with van der Waals surface area (Å²) in [6.45, 7) is 2.58. The van der Waals surface area contributed by atoms with Crippen molar-refractivity contribution >= 4 is 18.4 Å². The summed E-state index contributed by atoms with van der Waals surface area (Å²) < 4.78 is 0. The molecule has 20 heavy (non-hydrogen) atoms. The van der Waals surface area contributed by atoms with Gasteiger partial charge in [-0.1, -0.05) is 12.0 Å². The van der Waals surface area contributed by atoms with Crippen LogP contribution in [-0.4, -0.2) is 43.5 Å². The lowest BCUT2D eigenvalue weighted by atomic mass is 9.82. The molecule has 0 saturated heterocycles. The molecule has 0 aromatic rings. The number of Topliss-reactive ketones (excluding diaryl/α,β-unsaturated/α-hetero) is 1. The molecular formula is C14H23N3O3. The average molecular weight is 281 g/mol. The van der Waals surface area contributed by atoms with Gasteiger partial charge in [-0.05, 0) is 26.3 Å². The van der Waals surface area contributed by atoms with Crippen LogP contribution in [0.15, 0.2) is 11.1 Å². The molecule has 0 aliphatic carbocycles. The monoisotopic (exact) mass is 281 g/mol. The maximum Gasteiger partial charge on any atom is 0.167 e. The zero-order valence-electron chi connectivity index (χ0n) is 11.8. The first-order chi connectivity index (χ1) is 9.56. The van der Waals surface area contributed by atoms with Gasteiger partial charge < -0.3 is 21.6 Å². The highest BCUT2D eigenvalue weighted by Gasteiger charge is 2.35. The number of ketones is 1. The van der Waals surface area contributed by atoms with Gasteiger partial charge in [0, 0.05) is 12.1 Å². The molecule has 1 heterocycles. The van der Waals surface area contributed by atoms with E-state index in [-0.39, 0.29) is 5.78 Å². The summed E-state index contributed by atoms with van der Waals surface area (Å²) in [5, 5.41) is 2.95. The van der Waals surface area contributed by atoms with E-state index < -0.39 is 18.0 Å². The maximum atomic E-state index is 12.3. The van der Waals surface area contributed by atoms with Crippen molar-refractivity contribution in [1.29, 1.82) is 0 Å². The van der Waals surface area contributed by atoms with E-state index in [1.54, 1.807) is 6.92 Å². The van der Waals surface area contributed by atoms with Gasteiger partial charge in [0.2, 0.25) is 0 Å². The second kappa shape index (κ2) is 8.04. The largest absolute Gasteiger partial charge is 0.330 e. The van der Waals surface area contributed by atoms with Crippen molar-refractivity contribution in [3.05, 3.63) is 11.1 Å². The third kappa shape index (κ3) is 3.82. The first kappa shape index (κ1) is 16.7. The lowest BCUT2D eigenvalue weighted by molar-refractivity contribution is -0.126. The van der Waals surface area contributed by atoms with Crippen LogP contribution >= 0.6 is 0 Å². The third-order valence-electron chi connectivity index (χ3n) is 3.81. The van der Waals surface area contributed by atoms with Crippen molar-refractivity contribution in [3.8, 4) is 0 Å². The molecule has 0 spiro atoms. The Hall–Kier alpha value is -1.37. The predicted molar refractivity (Wildman–Crippen MR) is 76.0 cm³/mol. The highest BCUT2D eigenvalue weighted by molar-refractivity contribution is 5.93. The van der Waals surface area contributed by atoms with Gasteiger partial charge >= 0.3 is 0 Å². The van der Waals surface area contributed by atoms with Gasteiger partial charge in [-0.25, -0.2) is 0 Å². The summed E-state index contributed by atoms with van der Waals surface area (Å²) in [6.07, 6.45) is 3.60. The molecule has 2 unspecified atom stereocenters. The summed E-state index contributed by atoms with van der Waals surface area (Å²) in [6, 6.07) is -1.24. The topological polar surface area (TPSA) is 115 Å². The SMILES string of the molecule is CC1=C(C=O)CNC(C(=O)[C@@H](N)CCCCN)C1C=O. The van der Waals surface area contributed by atoms with Crippen LogP contribution in [-0.2, 0) is 14.4 Å². The van der Waals surface area contributed by atoms with Crippen molar-refractivity contribution in [2.45, 2.75) is 38.3 Å². The molecule has 0 aromatic heterocycles. The summed E-state index contributed by atoms with van der Waals surface area (Å²) >= 11 is 0. The molecule has 5 N–H and O–H groups in total. The number of hydrogen-bond acceptors (Lipinski definition) is 6. The summed E-state index contributed by atoms with van der Waals surface area (Å²) in [7, 11) is 0. The lowest BCUT2D eigenvalue weighted by Gasteiger charge is -2.31. The fourth-order valence-corrected chi connectivity index (χ4v) is 2.42. The van der Waals surface area contributed by atoms with E-state index in [0.29, 0.717) is 36.9 Å². The van der Waals surface area contributed by atoms with Crippen LogP contribution in [0.1, 0.15) is 26.2 Å². The van der Waals surface area contributed by atoms with Gasteiger partial charge in [-0.2, -0.15) is 0 Å². The van der Waals surface area contributed by atoms with E-state index in [1.807, 2.05) is 0 Å². The number of nitrogens with two attached hydrogens (primary N) is 2. The number of unbranched alkanes of at least 4 members (excludes halogenated alkanes) is 1. The highest BCUT2D eigenvalue weighted by atomic mass is 16.1. The third-order valence-corrected chi connectivity index (χ3v) is 3.81. The van der Waals surface area contributed by atoms with Crippen LogP contribution in [0, 0.1) is 5.92 Å². The number of nitrogens with one attached hydrogen (secondary N) is 1. The Morgan fingerprint density at radius 2 is 2.15 bits per heavy atom. The summed E-state index contributed by atoms with van der Waals surface area (Å²) in [5.41, 5.74) is 12.5. The van der Waals surface area contributed by atoms with Crippen LogP contribution in [0.2, 0.25) is 0 Å². The molecule has 0 amide bonds. The van der Waals surface area contributed by atoms with Crippen LogP contribution in [0.25, 0.3) is 0 Å². The number of aldehydes is 2. The Kier molecular flexibility index (Phi) is 6.70. The number of carbonyl (C=O) groups excluding carboxylic acids is 3. The molecule has 3 atom stereocenters. The minimum atomic E-state index is -0.635. The molecule has 1 aliphatic rings. The van der Waals surface area contributed by atoms with Gasteiger partial charge in [0.1, 0.15) is 12.6 Å². The molecule has 6 nitrogen and oxygen atoms in total.